The summed E-state index contributed by atoms with van der Waals surface area (Å²) in [7, 11) is 0. The number of rotatable bonds is 5. The largest absolute Gasteiger partial charge is 0.368 e. The van der Waals surface area contributed by atoms with E-state index in [9.17, 15) is 9.59 Å². The van der Waals surface area contributed by atoms with E-state index >= 15 is 0 Å². The minimum absolute atomic E-state index is 0.0274. The van der Waals surface area contributed by atoms with Crippen LogP contribution >= 0.6 is 22.9 Å². The zero-order valence-corrected chi connectivity index (χ0v) is 18.5. The van der Waals surface area contributed by atoms with Gasteiger partial charge < -0.3 is 9.80 Å². The minimum atomic E-state index is -0.382. The third-order valence-corrected chi connectivity index (χ3v) is 6.09. The Hall–Kier alpha value is -3.04. The highest BCUT2D eigenvalue weighted by Crippen LogP contribution is 2.25. The van der Waals surface area contributed by atoms with Crippen molar-refractivity contribution in [3.8, 4) is 0 Å². The predicted octanol–water partition coefficient (Wildman–Crippen LogP) is 3.04. The zero-order chi connectivity index (χ0) is 21.8. The molecule has 0 spiro atoms. The second-order valence-electron chi connectivity index (χ2n) is 7.16. The lowest BCUT2D eigenvalue weighted by atomic mass is 10.1. The Morgan fingerprint density at radius 1 is 1.19 bits per heavy atom. The summed E-state index contributed by atoms with van der Waals surface area (Å²) in [6.07, 6.45) is 4.54. The number of piperazine rings is 1. The maximum atomic E-state index is 12.7. The van der Waals surface area contributed by atoms with Crippen molar-refractivity contribution in [2.75, 3.05) is 36.4 Å². The van der Waals surface area contributed by atoms with Crippen LogP contribution in [0.2, 0.25) is 5.02 Å². The van der Waals surface area contributed by atoms with Crippen molar-refractivity contribution in [3.63, 3.8) is 0 Å². The van der Waals surface area contributed by atoms with Gasteiger partial charge in [0.1, 0.15) is 5.69 Å². The standard InChI is InChI=1S/C21H21ClN6O2S/c1-14-2-3-15(22)10-18(14)27-6-8-28(9-7-27)19(29)11-16-13-31-21(25-16)26-20(30)17-12-23-4-5-24-17/h2-5,10,12-13H,6-9,11H2,1H3,(H,25,26,30). The van der Waals surface area contributed by atoms with Crippen LogP contribution in [0.4, 0.5) is 10.8 Å². The van der Waals surface area contributed by atoms with E-state index < -0.39 is 0 Å². The molecule has 1 aromatic carbocycles. The van der Waals surface area contributed by atoms with Crippen LogP contribution in [0.25, 0.3) is 0 Å². The number of nitrogens with zero attached hydrogens (tertiary/aromatic N) is 5. The van der Waals surface area contributed by atoms with Gasteiger partial charge in [0.15, 0.2) is 5.13 Å². The Balaban J connectivity index is 1.30. The number of thiazole rings is 1. The molecule has 0 saturated carbocycles. The molecule has 1 fully saturated rings. The number of hydrogen-bond donors (Lipinski definition) is 1. The number of carbonyl (C=O) groups excluding carboxylic acids is 2. The molecule has 2 amide bonds. The molecule has 1 saturated heterocycles. The van der Waals surface area contributed by atoms with Gasteiger partial charge in [-0.05, 0) is 24.6 Å². The molecular formula is C21H21ClN6O2S. The van der Waals surface area contributed by atoms with Gasteiger partial charge in [-0.15, -0.1) is 11.3 Å². The van der Waals surface area contributed by atoms with E-state index in [0.29, 0.717) is 28.9 Å². The lowest BCUT2D eigenvalue weighted by Gasteiger charge is -2.36. The normalized spacial score (nSPS) is 13.9. The van der Waals surface area contributed by atoms with Gasteiger partial charge in [0.05, 0.1) is 18.3 Å². The Morgan fingerprint density at radius 2 is 2.00 bits per heavy atom. The highest BCUT2D eigenvalue weighted by Gasteiger charge is 2.23. The summed E-state index contributed by atoms with van der Waals surface area (Å²) in [6, 6.07) is 5.87. The molecule has 0 atom stereocenters. The summed E-state index contributed by atoms with van der Waals surface area (Å²) in [4.78, 5) is 41.2. The second-order valence-corrected chi connectivity index (χ2v) is 8.46. The van der Waals surface area contributed by atoms with E-state index in [-0.39, 0.29) is 23.9 Å². The Labute approximate surface area is 188 Å². The first-order valence-electron chi connectivity index (χ1n) is 9.80. The van der Waals surface area contributed by atoms with E-state index in [1.165, 1.54) is 35.5 Å². The molecular weight excluding hydrogens is 436 g/mol. The second kappa shape index (κ2) is 9.40. The molecule has 0 radical (unpaired) electrons. The van der Waals surface area contributed by atoms with Gasteiger partial charge in [-0.2, -0.15) is 0 Å². The molecule has 0 unspecified atom stereocenters. The molecule has 0 aliphatic carbocycles. The maximum absolute atomic E-state index is 12.7. The van der Waals surface area contributed by atoms with E-state index in [1.54, 1.807) is 5.38 Å². The number of halogens is 1. The monoisotopic (exact) mass is 456 g/mol. The Kier molecular flexibility index (Phi) is 6.43. The van der Waals surface area contributed by atoms with Crippen LogP contribution in [0.3, 0.4) is 0 Å². The van der Waals surface area contributed by atoms with Crippen LogP contribution in [-0.2, 0) is 11.2 Å². The van der Waals surface area contributed by atoms with Crippen LogP contribution in [0, 0.1) is 6.92 Å². The van der Waals surface area contributed by atoms with Crippen molar-refractivity contribution in [3.05, 3.63) is 64.1 Å². The quantitative estimate of drug-likeness (QED) is 0.634. The fraction of sp³-hybridized carbons (Fsp3) is 0.286. The summed E-state index contributed by atoms with van der Waals surface area (Å²) < 4.78 is 0. The summed E-state index contributed by atoms with van der Waals surface area (Å²) in [5.74, 6) is -0.354. The van der Waals surface area contributed by atoms with Gasteiger partial charge in [0, 0.05) is 54.7 Å². The van der Waals surface area contributed by atoms with Crippen molar-refractivity contribution in [1.29, 1.82) is 0 Å². The van der Waals surface area contributed by atoms with Crippen molar-refractivity contribution in [2.45, 2.75) is 13.3 Å². The van der Waals surface area contributed by atoms with Crippen LogP contribution in [0.1, 0.15) is 21.7 Å². The van der Waals surface area contributed by atoms with Gasteiger partial charge in [-0.25, -0.2) is 9.97 Å². The van der Waals surface area contributed by atoms with Crippen LogP contribution in [0.15, 0.2) is 42.2 Å². The van der Waals surface area contributed by atoms with E-state index in [0.717, 1.165) is 18.8 Å². The van der Waals surface area contributed by atoms with Crippen molar-refractivity contribution < 1.29 is 9.59 Å². The molecule has 1 aliphatic heterocycles. The Morgan fingerprint density at radius 3 is 2.74 bits per heavy atom. The predicted molar refractivity (Wildman–Crippen MR) is 121 cm³/mol. The summed E-state index contributed by atoms with van der Waals surface area (Å²) in [5, 5.41) is 5.62. The number of anilines is 2. The molecule has 10 heteroatoms. The molecule has 2 aromatic heterocycles. The third-order valence-electron chi connectivity index (χ3n) is 5.04. The van der Waals surface area contributed by atoms with Crippen molar-refractivity contribution in [1.82, 2.24) is 19.9 Å². The number of amides is 2. The van der Waals surface area contributed by atoms with E-state index in [2.05, 4.69) is 32.1 Å². The maximum Gasteiger partial charge on any atom is 0.277 e. The molecule has 160 valence electrons. The molecule has 1 N–H and O–H groups in total. The van der Waals surface area contributed by atoms with Gasteiger partial charge in [-0.3, -0.25) is 19.9 Å². The molecule has 0 bridgehead atoms. The third kappa shape index (κ3) is 5.18. The van der Waals surface area contributed by atoms with Crippen molar-refractivity contribution >= 4 is 45.6 Å². The number of nitrogens with one attached hydrogen (secondary N) is 1. The Bertz CT molecular complexity index is 1080. The molecule has 1 aliphatic rings. The van der Waals surface area contributed by atoms with Crippen molar-refractivity contribution in [2.24, 2.45) is 0 Å². The van der Waals surface area contributed by atoms with Gasteiger partial charge >= 0.3 is 0 Å². The average molecular weight is 457 g/mol. The summed E-state index contributed by atoms with van der Waals surface area (Å²) >= 11 is 7.42. The molecule has 3 aromatic rings. The zero-order valence-electron chi connectivity index (χ0n) is 16.9. The van der Waals surface area contributed by atoms with Gasteiger partial charge in [0.25, 0.3) is 5.91 Å². The lowest BCUT2D eigenvalue weighted by Crippen LogP contribution is -2.49. The highest BCUT2D eigenvalue weighted by molar-refractivity contribution is 7.14. The van der Waals surface area contributed by atoms with Crippen LogP contribution in [-0.4, -0.2) is 57.8 Å². The highest BCUT2D eigenvalue weighted by atomic mass is 35.5. The molecule has 3 heterocycles. The first kappa shape index (κ1) is 21.2. The molecule has 4 rings (SSSR count). The summed E-state index contributed by atoms with van der Waals surface area (Å²) in [5.41, 5.74) is 3.13. The van der Waals surface area contributed by atoms with E-state index in [4.69, 9.17) is 11.6 Å². The van der Waals surface area contributed by atoms with Crippen LogP contribution in [0.5, 0.6) is 0 Å². The molecule has 8 nitrogen and oxygen atoms in total. The number of hydrogen-bond acceptors (Lipinski definition) is 7. The fourth-order valence-corrected chi connectivity index (χ4v) is 4.28. The van der Waals surface area contributed by atoms with E-state index in [1.807, 2.05) is 23.1 Å². The summed E-state index contributed by atoms with van der Waals surface area (Å²) in [6.45, 7) is 4.86. The van der Waals surface area contributed by atoms with Gasteiger partial charge in [0.2, 0.25) is 5.91 Å². The topological polar surface area (TPSA) is 91.3 Å². The van der Waals surface area contributed by atoms with Crippen LogP contribution < -0.4 is 10.2 Å². The van der Waals surface area contributed by atoms with Gasteiger partial charge in [-0.1, -0.05) is 17.7 Å². The first-order chi connectivity index (χ1) is 15.0. The minimum Gasteiger partial charge on any atom is -0.368 e. The number of aromatic nitrogens is 3. The number of benzene rings is 1. The smallest absolute Gasteiger partial charge is 0.277 e. The number of carbonyl (C=O) groups is 2. The SMILES string of the molecule is Cc1ccc(Cl)cc1N1CCN(C(=O)Cc2csc(NC(=O)c3cnccn3)n2)CC1. The molecule has 31 heavy (non-hydrogen) atoms. The first-order valence-corrected chi connectivity index (χ1v) is 11.1. The number of aryl methyl sites for hydroxylation is 1. The fourth-order valence-electron chi connectivity index (χ4n) is 3.41. The lowest BCUT2D eigenvalue weighted by molar-refractivity contribution is -0.130. The average Bonchev–Trinajstić information content (AvgIpc) is 3.22.